The van der Waals surface area contributed by atoms with E-state index in [9.17, 15) is 0 Å². The molecule has 0 aromatic carbocycles. The van der Waals surface area contributed by atoms with E-state index in [1.165, 1.54) is 58.0 Å². The van der Waals surface area contributed by atoms with Crippen LogP contribution in [0.25, 0.3) is 0 Å². The lowest BCUT2D eigenvalue weighted by Crippen LogP contribution is -2.39. The second-order valence-corrected chi connectivity index (χ2v) is 6.38. The third-order valence-electron chi connectivity index (χ3n) is 4.76. The van der Waals surface area contributed by atoms with Crippen molar-refractivity contribution in [3.8, 4) is 0 Å². The van der Waals surface area contributed by atoms with Crippen LogP contribution in [0.2, 0.25) is 0 Å². The monoisotopic (exact) mass is 280 g/mol. The van der Waals surface area contributed by atoms with Crippen LogP contribution in [0.5, 0.6) is 0 Å². The Hall–Kier alpha value is -0.770. The Morgan fingerprint density at radius 1 is 0.950 bits per heavy atom. The summed E-state index contributed by atoms with van der Waals surface area (Å²) < 4.78 is 0. The molecule has 20 heavy (non-hydrogen) atoms. The first kappa shape index (κ1) is 15.6. The number of likely N-dealkylation sites (tertiary alicyclic amines) is 2. The zero-order valence-electron chi connectivity index (χ0n) is 13.2. The van der Waals surface area contributed by atoms with Crippen LogP contribution in [0.4, 0.5) is 0 Å². The van der Waals surface area contributed by atoms with Crippen molar-refractivity contribution < 1.29 is 0 Å². The summed E-state index contributed by atoms with van der Waals surface area (Å²) in [6, 6.07) is 0.649. The van der Waals surface area contributed by atoms with Gasteiger partial charge in [-0.25, -0.2) is 0 Å². The van der Waals surface area contributed by atoms with Gasteiger partial charge in [-0.2, -0.15) is 0 Å². The van der Waals surface area contributed by atoms with Crippen LogP contribution < -0.4 is 5.73 Å². The summed E-state index contributed by atoms with van der Waals surface area (Å²) in [7, 11) is 0. The molecule has 116 valence electrons. The van der Waals surface area contributed by atoms with Gasteiger partial charge in [-0.3, -0.25) is 4.99 Å². The molecule has 0 bridgehead atoms. The van der Waals surface area contributed by atoms with E-state index in [4.69, 9.17) is 5.73 Å². The molecule has 0 aromatic heterocycles. The Balaban J connectivity index is 1.70. The second kappa shape index (κ2) is 8.50. The molecular formula is C16H32N4. The van der Waals surface area contributed by atoms with Gasteiger partial charge >= 0.3 is 0 Å². The van der Waals surface area contributed by atoms with Crippen LogP contribution in [0.15, 0.2) is 4.99 Å². The number of piperidine rings is 1. The van der Waals surface area contributed by atoms with Gasteiger partial charge in [-0.05, 0) is 52.1 Å². The first-order chi connectivity index (χ1) is 9.77. The van der Waals surface area contributed by atoms with Gasteiger partial charge in [0.2, 0.25) is 0 Å². The summed E-state index contributed by atoms with van der Waals surface area (Å²) in [6.07, 6.45) is 10.5. The van der Waals surface area contributed by atoms with E-state index in [1.807, 2.05) is 0 Å². The Morgan fingerprint density at radius 3 is 2.15 bits per heavy atom. The molecule has 1 unspecified atom stereocenters. The highest BCUT2D eigenvalue weighted by Crippen LogP contribution is 2.14. The van der Waals surface area contributed by atoms with Crippen molar-refractivity contribution in [1.82, 2.24) is 9.80 Å². The highest BCUT2D eigenvalue weighted by atomic mass is 15.2. The Labute approximate surface area is 124 Å². The van der Waals surface area contributed by atoms with E-state index < -0.39 is 0 Å². The Kier molecular flexibility index (Phi) is 6.64. The van der Waals surface area contributed by atoms with Crippen LogP contribution >= 0.6 is 0 Å². The maximum atomic E-state index is 6.14. The van der Waals surface area contributed by atoms with Crippen molar-refractivity contribution in [1.29, 1.82) is 0 Å². The van der Waals surface area contributed by atoms with Gasteiger partial charge in [0.15, 0.2) is 5.96 Å². The van der Waals surface area contributed by atoms with E-state index in [-0.39, 0.29) is 0 Å². The number of rotatable bonds is 4. The smallest absolute Gasteiger partial charge is 0.191 e. The maximum absolute atomic E-state index is 6.14. The molecule has 2 N–H and O–H groups in total. The summed E-state index contributed by atoms with van der Waals surface area (Å²) >= 11 is 0. The number of nitrogens with zero attached hydrogens (tertiary/aromatic N) is 3. The van der Waals surface area contributed by atoms with E-state index in [0.717, 1.165) is 32.0 Å². The van der Waals surface area contributed by atoms with Crippen molar-refractivity contribution in [2.75, 3.05) is 32.7 Å². The van der Waals surface area contributed by atoms with Gasteiger partial charge in [0.1, 0.15) is 0 Å². The molecule has 2 heterocycles. The van der Waals surface area contributed by atoms with Crippen LogP contribution in [0, 0.1) is 0 Å². The largest absolute Gasteiger partial charge is 0.370 e. The summed E-state index contributed by atoms with van der Waals surface area (Å²) in [5, 5.41) is 0. The zero-order valence-corrected chi connectivity index (χ0v) is 13.2. The first-order valence-corrected chi connectivity index (χ1v) is 8.56. The normalized spacial score (nSPS) is 24.4. The molecule has 0 saturated carbocycles. The Bertz CT molecular complexity index is 289. The number of aliphatic imine (C=N–C) groups is 1. The third-order valence-corrected chi connectivity index (χ3v) is 4.76. The fraction of sp³-hybridized carbons (Fsp3) is 0.938. The van der Waals surface area contributed by atoms with Crippen molar-refractivity contribution >= 4 is 5.96 Å². The number of nitrogens with two attached hydrogens (primary N) is 1. The summed E-state index contributed by atoms with van der Waals surface area (Å²) in [6.45, 7) is 7.94. The molecule has 4 nitrogen and oxygen atoms in total. The van der Waals surface area contributed by atoms with Gasteiger partial charge in [0.05, 0.1) is 0 Å². The van der Waals surface area contributed by atoms with Crippen LogP contribution in [0.3, 0.4) is 0 Å². The van der Waals surface area contributed by atoms with E-state index >= 15 is 0 Å². The zero-order chi connectivity index (χ0) is 14.2. The average Bonchev–Trinajstić information content (AvgIpc) is 2.77. The van der Waals surface area contributed by atoms with Crippen molar-refractivity contribution in [2.24, 2.45) is 10.7 Å². The molecule has 2 aliphatic heterocycles. The lowest BCUT2D eigenvalue weighted by atomic mass is 10.1. The first-order valence-electron chi connectivity index (χ1n) is 8.56. The molecule has 0 radical (unpaired) electrons. The average molecular weight is 280 g/mol. The minimum atomic E-state index is 0.649. The predicted octanol–water partition coefficient (Wildman–Crippen LogP) is 2.44. The fourth-order valence-corrected chi connectivity index (χ4v) is 3.31. The van der Waals surface area contributed by atoms with Crippen molar-refractivity contribution in [2.45, 2.75) is 64.3 Å². The van der Waals surface area contributed by atoms with E-state index in [2.05, 4.69) is 21.7 Å². The lowest BCUT2D eigenvalue weighted by Gasteiger charge is -2.32. The summed E-state index contributed by atoms with van der Waals surface area (Å²) in [4.78, 5) is 9.51. The van der Waals surface area contributed by atoms with Gasteiger partial charge < -0.3 is 15.5 Å². The van der Waals surface area contributed by atoms with Crippen LogP contribution in [0.1, 0.15) is 58.3 Å². The van der Waals surface area contributed by atoms with Crippen molar-refractivity contribution in [3.63, 3.8) is 0 Å². The minimum absolute atomic E-state index is 0.649. The van der Waals surface area contributed by atoms with Gasteiger partial charge in [0, 0.05) is 25.7 Å². The van der Waals surface area contributed by atoms with Crippen LogP contribution in [-0.4, -0.2) is 54.5 Å². The van der Waals surface area contributed by atoms with E-state index in [1.54, 1.807) is 0 Å². The highest BCUT2D eigenvalue weighted by Gasteiger charge is 2.16. The molecule has 0 aromatic rings. The minimum Gasteiger partial charge on any atom is -0.370 e. The SMILES string of the molecule is CC(CCN=C(N)N1CCCCCC1)N1CCCCC1. The molecule has 2 fully saturated rings. The predicted molar refractivity (Wildman–Crippen MR) is 86.0 cm³/mol. The molecule has 1 atom stereocenters. The quantitative estimate of drug-likeness (QED) is 0.635. The summed E-state index contributed by atoms with van der Waals surface area (Å²) in [5.74, 6) is 0.776. The standard InChI is InChI=1S/C16H32N4/c1-15(19-11-7-4-8-12-19)9-10-18-16(17)20-13-5-2-3-6-14-20/h15H,2-14H2,1H3,(H2,17,18). The second-order valence-electron chi connectivity index (χ2n) is 6.38. The van der Waals surface area contributed by atoms with E-state index in [0.29, 0.717) is 6.04 Å². The molecule has 2 rings (SSSR count). The lowest BCUT2D eigenvalue weighted by molar-refractivity contribution is 0.168. The molecule has 0 spiro atoms. The highest BCUT2D eigenvalue weighted by molar-refractivity contribution is 5.78. The van der Waals surface area contributed by atoms with Gasteiger partial charge in [-0.1, -0.05) is 19.3 Å². The molecular weight excluding hydrogens is 248 g/mol. The van der Waals surface area contributed by atoms with Crippen molar-refractivity contribution in [3.05, 3.63) is 0 Å². The molecule has 2 aliphatic rings. The number of hydrogen-bond donors (Lipinski definition) is 1. The van der Waals surface area contributed by atoms with Gasteiger partial charge in [0.25, 0.3) is 0 Å². The molecule has 2 saturated heterocycles. The Morgan fingerprint density at radius 2 is 1.50 bits per heavy atom. The fourth-order valence-electron chi connectivity index (χ4n) is 3.31. The topological polar surface area (TPSA) is 44.9 Å². The maximum Gasteiger partial charge on any atom is 0.191 e. The molecule has 0 aliphatic carbocycles. The van der Waals surface area contributed by atoms with Gasteiger partial charge in [-0.15, -0.1) is 0 Å². The number of guanidine groups is 1. The summed E-state index contributed by atoms with van der Waals surface area (Å²) in [5.41, 5.74) is 6.14. The molecule has 4 heteroatoms. The van der Waals surface area contributed by atoms with Crippen LogP contribution in [-0.2, 0) is 0 Å². The number of hydrogen-bond acceptors (Lipinski definition) is 2. The molecule has 0 amide bonds. The third kappa shape index (κ3) is 4.97.